The number of nitrogens with two attached hydrogens (primary N) is 1. The Balaban J connectivity index is 1.36. The summed E-state index contributed by atoms with van der Waals surface area (Å²) in [4.78, 5) is 28.8. The minimum Gasteiger partial charge on any atom is -0.365 e. The van der Waals surface area contributed by atoms with Crippen LogP contribution in [0.1, 0.15) is 56.5 Å². The van der Waals surface area contributed by atoms with Crippen molar-refractivity contribution in [1.82, 2.24) is 4.90 Å². The number of nitrogens with zero attached hydrogens (tertiary/aromatic N) is 2. The highest BCUT2D eigenvalue weighted by molar-refractivity contribution is 7.92. The van der Waals surface area contributed by atoms with Crippen LogP contribution in [0.2, 0.25) is 0 Å². The first-order valence-corrected chi connectivity index (χ1v) is 14.7. The molecule has 2 amide bonds. The maximum absolute atomic E-state index is 13.4. The first kappa shape index (κ1) is 25.4. The molecule has 3 heterocycles. The van der Waals surface area contributed by atoms with Gasteiger partial charge in [0.15, 0.2) is 0 Å². The largest absolute Gasteiger partial charge is 0.365 e. The van der Waals surface area contributed by atoms with E-state index in [0.717, 1.165) is 54.9 Å². The molecule has 3 aromatic rings. The number of thiophene rings is 1. The van der Waals surface area contributed by atoms with Crippen LogP contribution in [0.3, 0.4) is 0 Å². The predicted molar refractivity (Wildman–Crippen MR) is 146 cm³/mol. The van der Waals surface area contributed by atoms with Crippen LogP contribution in [0.25, 0.3) is 0 Å². The molecule has 0 unspecified atom stereocenters. The molecule has 194 valence electrons. The topological polar surface area (TPSA) is 113 Å². The molecular weight excluding hydrogens is 508 g/mol. The number of anilines is 2. The summed E-state index contributed by atoms with van der Waals surface area (Å²) in [5, 5.41) is 3.29. The van der Waals surface area contributed by atoms with E-state index in [4.69, 9.17) is 5.73 Å². The van der Waals surface area contributed by atoms with Crippen LogP contribution >= 0.6 is 11.3 Å². The molecule has 10 heteroatoms. The van der Waals surface area contributed by atoms with Gasteiger partial charge in [0, 0.05) is 30.1 Å². The van der Waals surface area contributed by atoms with Gasteiger partial charge in [-0.25, -0.2) is 8.42 Å². The van der Waals surface area contributed by atoms with E-state index in [0.29, 0.717) is 34.8 Å². The number of benzene rings is 2. The normalized spacial score (nSPS) is 15.6. The Morgan fingerprint density at radius 2 is 1.81 bits per heavy atom. The van der Waals surface area contributed by atoms with Crippen molar-refractivity contribution in [3.05, 3.63) is 75.7 Å². The number of para-hydroxylation sites is 1. The van der Waals surface area contributed by atoms with Crippen LogP contribution in [-0.4, -0.2) is 44.8 Å². The number of fused-ring (bicyclic) bond motifs is 2. The lowest BCUT2D eigenvalue weighted by molar-refractivity contribution is 0.1000. The van der Waals surface area contributed by atoms with Crippen LogP contribution in [0, 0.1) is 0 Å². The van der Waals surface area contributed by atoms with Gasteiger partial charge >= 0.3 is 0 Å². The van der Waals surface area contributed by atoms with Crippen molar-refractivity contribution in [2.75, 3.05) is 29.3 Å². The summed E-state index contributed by atoms with van der Waals surface area (Å²) in [6, 6.07) is 13.4. The first-order chi connectivity index (χ1) is 17.8. The second-order valence-corrected chi connectivity index (χ2v) is 12.4. The van der Waals surface area contributed by atoms with E-state index in [1.165, 1.54) is 39.9 Å². The van der Waals surface area contributed by atoms with E-state index in [1.807, 2.05) is 24.3 Å². The summed E-state index contributed by atoms with van der Waals surface area (Å²) in [6.45, 7) is 5.10. The number of carbonyl (C=O) groups excluding carboxylic acids is 2. The number of carbonyl (C=O) groups is 2. The second kappa shape index (κ2) is 10.3. The molecule has 0 atom stereocenters. The van der Waals surface area contributed by atoms with Crippen molar-refractivity contribution in [3.8, 4) is 0 Å². The van der Waals surface area contributed by atoms with Gasteiger partial charge in [0.1, 0.15) is 5.00 Å². The molecule has 3 N–H and O–H groups in total. The molecule has 2 aliphatic heterocycles. The van der Waals surface area contributed by atoms with Gasteiger partial charge in [-0.3, -0.25) is 18.8 Å². The van der Waals surface area contributed by atoms with E-state index in [9.17, 15) is 18.0 Å². The van der Waals surface area contributed by atoms with E-state index in [-0.39, 0.29) is 4.90 Å². The van der Waals surface area contributed by atoms with Gasteiger partial charge in [-0.2, -0.15) is 0 Å². The smallest absolute Gasteiger partial charge is 0.264 e. The molecule has 2 aliphatic rings. The highest BCUT2D eigenvalue weighted by Gasteiger charge is 2.30. The Hall–Kier alpha value is -3.21. The Kier molecular flexibility index (Phi) is 7.06. The fraction of sp³-hybridized carbons (Fsp3) is 0.333. The zero-order valence-electron chi connectivity index (χ0n) is 20.7. The lowest BCUT2D eigenvalue weighted by Crippen LogP contribution is -2.35. The summed E-state index contributed by atoms with van der Waals surface area (Å²) < 4.78 is 28.2. The van der Waals surface area contributed by atoms with Gasteiger partial charge in [0.05, 0.1) is 16.1 Å². The number of hydrogen-bond acceptors (Lipinski definition) is 6. The first-order valence-electron chi connectivity index (χ1n) is 12.5. The summed E-state index contributed by atoms with van der Waals surface area (Å²) >= 11 is 1.39. The minimum atomic E-state index is -3.77. The highest BCUT2D eigenvalue weighted by atomic mass is 32.2. The van der Waals surface area contributed by atoms with Crippen molar-refractivity contribution in [3.63, 3.8) is 0 Å². The molecule has 0 fully saturated rings. The zero-order chi connectivity index (χ0) is 26.2. The van der Waals surface area contributed by atoms with Crippen molar-refractivity contribution >= 4 is 43.9 Å². The second-order valence-electron chi connectivity index (χ2n) is 9.39. The fourth-order valence-corrected chi connectivity index (χ4v) is 7.97. The molecule has 0 bridgehead atoms. The quantitative estimate of drug-likeness (QED) is 0.472. The monoisotopic (exact) mass is 538 g/mol. The fourth-order valence-electron chi connectivity index (χ4n) is 5.14. The van der Waals surface area contributed by atoms with Gasteiger partial charge in [0.25, 0.3) is 21.8 Å². The number of rotatable bonds is 7. The molecule has 0 spiro atoms. The third-order valence-corrected chi connectivity index (χ3v) is 9.88. The molecule has 8 nitrogen and oxygen atoms in total. The van der Waals surface area contributed by atoms with Gasteiger partial charge in [-0.15, -0.1) is 11.3 Å². The van der Waals surface area contributed by atoms with Gasteiger partial charge in [0.2, 0.25) is 0 Å². The lowest BCUT2D eigenvalue weighted by atomic mass is 10.0. The molecular formula is C27H30N4O4S2. The van der Waals surface area contributed by atoms with E-state index >= 15 is 0 Å². The molecule has 1 aromatic heterocycles. The summed E-state index contributed by atoms with van der Waals surface area (Å²) in [7, 11) is -3.77. The number of primary amides is 1. The van der Waals surface area contributed by atoms with Gasteiger partial charge < -0.3 is 11.1 Å². The van der Waals surface area contributed by atoms with Crippen LogP contribution in [0.15, 0.2) is 53.4 Å². The molecule has 0 aliphatic carbocycles. The zero-order valence-corrected chi connectivity index (χ0v) is 22.3. The van der Waals surface area contributed by atoms with Crippen molar-refractivity contribution in [2.24, 2.45) is 5.73 Å². The van der Waals surface area contributed by atoms with E-state index in [2.05, 4.69) is 17.1 Å². The van der Waals surface area contributed by atoms with Gasteiger partial charge in [-0.05, 0) is 73.7 Å². The van der Waals surface area contributed by atoms with Crippen LogP contribution in [-0.2, 0) is 29.4 Å². The third-order valence-electron chi connectivity index (χ3n) is 6.92. The Bertz CT molecular complexity index is 1450. The van der Waals surface area contributed by atoms with Gasteiger partial charge in [-0.1, -0.05) is 25.1 Å². The molecule has 0 saturated carbocycles. The molecule has 0 radical (unpaired) electrons. The lowest BCUT2D eigenvalue weighted by Gasteiger charge is -2.30. The summed E-state index contributed by atoms with van der Waals surface area (Å²) in [5.74, 6) is -0.973. The van der Waals surface area contributed by atoms with Crippen LogP contribution in [0.5, 0.6) is 0 Å². The SMILES string of the molecule is CCCN1CCc2c(sc(NC(=O)c3ccc(S(=O)(=O)N4CCCc5ccccc54)cc3)c2C(N)=O)C1. The van der Waals surface area contributed by atoms with Crippen LogP contribution in [0.4, 0.5) is 10.7 Å². The van der Waals surface area contributed by atoms with E-state index < -0.39 is 21.8 Å². The molecule has 0 saturated heterocycles. The number of aryl methyl sites for hydroxylation is 1. The average molecular weight is 539 g/mol. The Labute approximate surface area is 221 Å². The van der Waals surface area contributed by atoms with Crippen molar-refractivity contribution in [2.45, 2.75) is 44.0 Å². The Morgan fingerprint density at radius 3 is 2.54 bits per heavy atom. The van der Waals surface area contributed by atoms with E-state index in [1.54, 1.807) is 0 Å². The summed E-state index contributed by atoms with van der Waals surface area (Å²) in [6.07, 6.45) is 3.35. The average Bonchev–Trinajstić information content (AvgIpc) is 3.25. The predicted octanol–water partition coefficient (Wildman–Crippen LogP) is 4.01. The minimum absolute atomic E-state index is 0.126. The number of nitrogens with one attached hydrogen (secondary N) is 1. The van der Waals surface area contributed by atoms with Crippen molar-refractivity contribution in [1.29, 1.82) is 0 Å². The maximum atomic E-state index is 13.4. The number of amides is 2. The maximum Gasteiger partial charge on any atom is 0.264 e. The third kappa shape index (κ3) is 4.88. The van der Waals surface area contributed by atoms with Crippen molar-refractivity contribution < 1.29 is 18.0 Å². The summed E-state index contributed by atoms with van der Waals surface area (Å²) in [5.41, 5.74) is 9.01. The highest BCUT2D eigenvalue weighted by Crippen LogP contribution is 2.37. The van der Waals surface area contributed by atoms with Crippen LogP contribution < -0.4 is 15.4 Å². The number of sulfonamides is 1. The number of hydrogen-bond donors (Lipinski definition) is 2. The molecule has 2 aromatic carbocycles. The molecule has 37 heavy (non-hydrogen) atoms. The Morgan fingerprint density at radius 1 is 1.05 bits per heavy atom. The standard InChI is InChI=1S/C27H30N4O4S2/c1-2-14-30-16-13-21-23(17-30)36-27(24(21)25(28)32)29-26(33)19-9-11-20(12-10-19)37(34,35)31-15-5-7-18-6-3-4-8-22(18)31/h3-4,6,8-12H,2,5,7,13-17H2,1H3,(H2,28,32)(H,29,33). The molecule has 5 rings (SSSR count).